The average molecular weight is 244 g/mol. The third kappa shape index (κ3) is 1.67. The maximum absolute atomic E-state index is 6.13. The first kappa shape index (κ1) is 9.28. The monoisotopic (exact) mass is 243 g/mol. The molecule has 2 nitrogen and oxygen atoms in total. The summed E-state index contributed by atoms with van der Waals surface area (Å²) in [5.74, 6) is 1.62. The Morgan fingerprint density at radius 1 is 1.62 bits per heavy atom. The highest BCUT2D eigenvalue weighted by Gasteiger charge is 2.27. The lowest BCUT2D eigenvalue weighted by atomic mass is 9.78. The van der Waals surface area contributed by atoms with E-state index in [0.29, 0.717) is 5.92 Å². The molecule has 1 unspecified atom stereocenters. The Labute approximate surface area is 86.6 Å². The zero-order valence-electron chi connectivity index (χ0n) is 7.72. The zero-order chi connectivity index (χ0) is 9.42. The summed E-state index contributed by atoms with van der Waals surface area (Å²) in [5, 5.41) is 0. The van der Waals surface area contributed by atoms with Crippen LogP contribution in [0.4, 0.5) is 0 Å². The quantitative estimate of drug-likeness (QED) is 0.867. The molecular formula is C10H14BrNO. The highest BCUT2D eigenvalue weighted by atomic mass is 79.9. The van der Waals surface area contributed by atoms with Crippen molar-refractivity contribution in [3.63, 3.8) is 0 Å². The molecule has 1 aromatic heterocycles. The van der Waals surface area contributed by atoms with Crippen LogP contribution in [-0.2, 0) is 0 Å². The van der Waals surface area contributed by atoms with Gasteiger partial charge in [-0.2, -0.15) is 0 Å². The van der Waals surface area contributed by atoms with Gasteiger partial charge in [-0.05, 0) is 47.7 Å². The summed E-state index contributed by atoms with van der Waals surface area (Å²) >= 11 is 3.32. The van der Waals surface area contributed by atoms with Crippen LogP contribution in [0.2, 0.25) is 0 Å². The third-order valence-corrected chi connectivity index (χ3v) is 3.33. The minimum absolute atomic E-state index is 0.170. The number of furan rings is 1. The molecule has 1 aromatic rings. The second kappa shape index (κ2) is 3.46. The predicted molar refractivity (Wildman–Crippen MR) is 55.4 cm³/mol. The second-order valence-corrected chi connectivity index (χ2v) is 4.56. The number of hydrogen-bond donors (Lipinski definition) is 1. The van der Waals surface area contributed by atoms with E-state index in [0.717, 1.165) is 16.0 Å². The maximum atomic E-state index is 6.13. The Morgan fingerprint density at radius 2 is 2.31 bits per heavy atom. The normalized spacial score (nSPS) is 19.9. The summed E-state index contributed by atoms with van der Waals surface area (Å²) < 4.78 is 6.18. The molecule has 1 aliphatic rings. The van der Waals surface area contributed by atoms with Crippen molar-refractivity contribution in [1.82, 2.24) is 0 Å². The van der Waals surface area contributed by atoms with Gasteiger partial charge >= 0.3 is 0 Å². The smallest absolute Gasteiger partial charge is 0.169 e. The molecular weight excluding hydrogens is 230 g/mol. The summed E-state index contributed by atoms with van der Waals surface area (Å²) in [6.07, 6.45) is 3.86. The van der Waals surface area contributed by atoms with Gasteiger partial charge in [0.15, 0.2) is 4.67 Å². The van der Waals surface area contributed by atoms with Crippen molar-refractivity contribution in [2.75, 3.05) is 0 Å². The van der Waals surface area contributed by atoms with Crippen LogP contribution in [0.15, 0.2) is 15.2 Å². The average Bonchev–Trinajstić information content (AvgIpc) is 2.26. The standard InChI is InChI=1S/C10H14BrNO/c1-6-8(5-9(11)13-6)10(12)7-3-2-4-7/h5,7,10H,2-4,12H2,1H3. The fourth-order valence-electron chi connectivity index (χ4n) is 1.84. The van der Waals surface area contributed by atoms with Crippen LogP contribution in [0.5, 0.6) is 0 Å². The van der Waals surface area contributed by atoms with Crippen molar-refractivity contribution < 1.29 is 4.42 Å². The summed E-state index contributed by atoms with van der Waals surface area (Å²) in [6.45, 7) is 1.97. The number of nitrogens with two attached hydrogens (primary N) is 1. The van der Waals surface area contributed by atoms with Gasteiger partial charge in [0.2, 0.25) is 0 Å². The van der Waals surface area contributed by atoms with E-state index in [1.807, 2.05) is 13.0 Å². The van der Waals surface area contributed by atoms with Crippen molar-refractivity contribution >= 4 is 15.9 Å². The lowest BCUT2D eigenvalue weighted by Gasteiger charge is -2.30. The molecule has 0 spiro atoms. The van der Waals surface area contributed by atoms with Crippen LogP contribution >= 0.6 is 15.9 Å². The van der Waals surface area contributed by atoms with E-state index in [1.54, 1.807) is 0 Å². The van der Waals surface area contributed by atoms with Gasteiger partial charge < -0.3 is 10.2 Å². The molecule has 1 heterocycles. The molecule has 0 aromatic carbocycles. The fourth-order valence-corrected chi connectivity index (χ4v) is 2.33. The fraction of sp³-hybridized carbons (Fsp3) is 0.600. The predicted octanol–water partition coefficient (Wildman–Crippen LogP) is 3.15. The summed E-state index contributed by atoms with van der Waals surface area (Å²) in [5.41, 5.74) is 7.30. The number of hydrogen-bond acceptors (Lipinski definition) is 2. The summed E-state index contributed by atoms with van der Waals surface area (Å²) in [6, 6.07) is 2.17. The van der Waals surface area contributed by atoms with E-state index in [2.05, 4.69) is 15.9 Å². The van der Waals surface area contributed by atoms with Crippen LogP contribution in [-0.4, -0.2) is 0 Å². The van der Waals surface area contributed by atoms with Crippen LogP contribution in [0.1, 0.15) is 36.6 Å². The Morgan fingerprint density at radius 3 is 2.69 bits per heavy atom. The number of rotatable bonds is 2. The molecule has 1 aliphatic carbocycles. The first-order valence-electron chi connectivity index (χ1n) is 4.70. The van der Waals surface area contributed by atoms with Crippen molar-refractivity contribution in [2.45, 2.75) is 32.2 Å². The highest BCUT2D eigenvalue weighted by Crippen LogP contribution is 2.38. The molecule has 2 N–H and O–H groups in total. The van der Waals surface area contributed by atoms with Crippen molar-refractivity contribution in [3.8, 4) is 0 Å². The maximum Gasteiger partial charge on any atom is 0.169 e. The van der Waals surface area contributed by atoms with Crippen LogP contribution in [0, 0.1) is 12.8 Å². The third-order valence-electron chi connectivity index (χ3n) is 2.94. The molecule has 0 amide bonds. The van der Waals surface area contributed by atoms with E-state index in [-0.39, 0.29) is 6.04 Å². The van der Waals surface area contributed by atoms with Gasteiger partial charge in [0.1, 0.15) is 5.76 Å². The highest BCUT2D eigenvalue weighted by molar-refractivity contribution is 9.10. The Kier molecular flexibility index (Phi) is 2.47. The summed E-state index contributed by atoms with van der Waals surface area (Å²) in [7, 11) is 0. The topological polar surface area (TPSA) is 39.2 Å². The molecule has 0 radical (unpaired) electrons. The zero-order valence-corrected chi connectivity index (χ0v) is 9.30. The second-order valence-electron chi connectivity index (χ2n) is 3.78. The molecule has 0 bridgehead atoms. The molecule has 2 rings (SSSR count). The SMILES string of the molecule is Cc1oc(Br)cc1C(N)C1CCC1. The van der Waals surface area contributed by atoms with E-state index in [1.165, 1.54) is 19.3 Å². The molecule has 1 atom stereocenters. The summed E-state index contributed by atoms with van der Waals surface area (Å²) in [4.78, 5) is 0. The lowest BCUT2D eigenvalue weighted by molar-refractivity contribution is 0.262. The lowest BCUT2D eigenvalue weighted by Crippen LogP contribution is -2.26. The molecule has 1 fully saturated rings. The van der Waals surface area contributed by atoms with Gasteiger partial charge in [0.05, 0.1) is 0 Å². The van der Waals surface area contributed by atoms with Crippen LogP contribution in [0.3, 0.4) is 0 Å². The van der Waals surface area contributed by atoms with E-state index in [4.69, 9.17) is 10.2 Å². The molecule has 0 aliphatic heterocycles. The molecule has 0 saturated heterocycles. The van der Waals surface area contributed by atoms with E-state index >= 15 is 0 Å². The molecule has 13 heavy (non-hydrogen) atoms. The van der Waals surface area contributed by atoms with Gasteiger partial charge in [-0.3, -0.25) is 0 Å². The Bertz CT molecular complexity index is 304. The Hall–Kier alpha value is -0.280. The van der Waals surface area contributed by atoms with Crippen LogP contribution in [0.25, 0.3) is 0 Å². The first-order valence-corrected chi connectivity index (χ1v) is 5.49. The van der Waals surface area contributed by atoms with Crippen molar-refractivity contribution in [1.29, 1.82) is 0 Å². The number of halogens is 1. The van der Waals surface area contributed by atoms with Gasteiger partial charge in [-0.15, -0.1) is 0 Å². The van der Waals surface area contributed by atoms with Gasteiger partial charge in [-0.25, -0.2) is 0 Å². The van der Waals surface area contributed by atoms with Crippen molar-refractivity contribution in [3.05, 3.63) is 22.1 Å². The molecule has 72 valence electrons. The molecule has 3 heteroatoms. The van der Waals surface area contributed by atoms with Gasteiger partial charge in [0, 0.05) is 11.6 Å². The minimum Gasteiger partial charge on any atom is -0.454 e. The van der Waals surface area contributed by atoms with E-state index < -0.39 is 0 Å². The largest absolute Gasteiger partial charge is 0.454 e. The Balaban J connectivity index is 2.18. The van der Waals surface area contributed by atoms with Crippen molar-refractivity contribution in [2.24, 2.45) is 11.7 Å². The minimum atomic E-state index is 0.170. The number of aryl methyl sites for hydroxylation is 1. The van der Waals surface area contributed by atoms with Gasteiger partial charge in [-0.1, -0.05) is 6.42 Å². The van der Waals surface area contributed by atoms with Gasteiger partial charge in [0.25, 0.3) is 0 Å². The first-order chi connectivity index (χ1) is 6.18. The molecule has 1 saturated carbocycles. The van der Waals surface area contributed by atoms with E-state index in [9.17, 15) is 0 Å². The van der Waals surface area contributed by atoms with Crippen LogP contribution < -0.4 is 5.73 Å².